The summed E-state index contributed by atoms with van der Waals surface area (Å²) in [4.78, 5) is 20.9. The number of hydrogen-bond acceptors (Lipinski definition) is 5. The second kappa shape index (κ2) is 3.84. The second-order valence-corrected chi connectivity index (χ2v) is 2.59. The minimum absolute atomic E-state index is 0.169. The molecule has 0 saturated heterocycles. The molecule has 0 radical (unpaired) electrons. The lowest BCUT2D eigenvalue weighted by atomic mass is 10.1. The van der Waals surface area contributed by atoms with Crippen LogP contribution in [0.4, 0.5) is 5.69 Å². The molecule has 0 unspecified atom stereocenters. The van der Waals surface area contributed by atoms with E-state index in [2.05, 4.69) is 0 Å². The third kappa shape index (κ3) is 1.86. The van der Waals surface area contributed by atoms with Crippen LogP contribution in [0.5, 0.6) is 5.75 Å². The molecule has 74 valence electrons. The first-order valence-corrected chi connectivity index (χ1v) is 3.77. The Kier molecular flexibility index (Phi) is 2.78. The van der Waals surface area contributed by atoms with Gasteiger partial charge in [0.2, 0.25) is 0 Å². The van der Waals surface area contributed by atoms with Crippen molar-refractivity contribution in [3.63, 3.8) is 0 Å². The molecule has 0 amide bonds. The molecule has 6 nitrogen and oxygen atoms in total. The summed E-state index contributed by atoms with van der Waals surface area (Å²) in [6, 6.07) is 3.25. The van der Waals surface area contributed by atoms with Gasteiger partial charge in [0, 0.05) is 6.07 Å². The van der Waals surface area contributed by atoms with Crippen LogP contribution in [-0.2, 0) is 0 Å². The molecule has 0 fully saturated rings. The van der Waals surface area contributed by atoms with E-state index in [1.54, 1.807) is 0 Å². The number of phenolic OH excluding ortho intramolecular Hbond substituents is 1. The summed E-state index contributed by atoms with van der Waals surface area (Å²) < 4.78 is 0. The summed E-state index contributed by atoms with van der Waals surface area (Å²) in [6.07, 6.45) is 0. The van der Waals surface area contributed by atoms with Crippen molar-refractivity contribution in [3.8, 4) is 5.75 Å². The number of nitrogens with zero attached hydrogens (tertiary/aromatic N) is 1. The molecule has 3 N–H and O–H groups in total. The molecular weight excluding hydrogens is 188 g/mol. The van der Waals surface area contributed by atoms with E-state index in [0.29, 0.717) is 0 Å². The minimum atomic E-state index is -0.692. The van der Waals surface area contributed by atoms with Gasteiger partial charge in [-0.2, -0.15) is 0 Å². The van der Waals surface area contributed by atoms with Crippen molar-refractivity contribution in [2.45, 2.75) is 0 Å². The SMILES string of the molecule is NCC(=O)c1cc(O)ccc1[N+](=O)[O-]. The van der Waals surface area contributed by atoms with Crippen LogP contribution in [0.1, 0.15) is 10.4 Å². The number of carbonyl (C=O) groups excluding carboxylic acids is 1. The van der Waals surface area contributed by atoms with Crippen LogP contribution < -0.4 is 5.73 Å². The third-order valence-corrected chi connectivity index (χ3v) is 1.66. The largest absolute Gasteiger partial charge is 0.508 e. The van der Waals surface area contributed by atoms with Crippen molar-refractivity contribution < 1.29 is 14.8 Å². The fourth-order valence-corrected chi connectivity index (χ4v) is 1.02. The van der Waals surface area contributed by atoms with Gasteiger partial charge in [0.05, 0.1) is 11.5 Å². The Labute approximate surface area is 79.1 Å². The number of nitrogens with two attached hydrogens (primary N) is 1. The number of benzene rings is 1. The number of Topliss-reactive ketones (excluding diaryl/α,β-unsaturated/α-hetero) is 1. The first-order valence-electron chi connectivity index (χ1n) is 3.77. The third-order valence-electron chi connectivity index (χ3n) is 1.66. The summed E-state index contributed by atoms with van der Waals surface area (Å²) in [7, 11) is 0. The number of ketones is 1. The second-order valence-electron chi connectivity index (χ2n) is 2.59. The molecule has 0 aliphatic heterocycles. The van der Waals surface area contributed by atoms with Crippen LogP contribution in [0, 0.1) is 10.1 Å². The molecule has 0 aromatic heterocycles. The topological polar surface area (TPSA) is 106 Å². The Hall–Kier alpha value is -1.95. The molecule has 0 atom stereocenters. The molecule has 0 bridgehead atoms. The van der Waals surface area contributed by atoms with Crippen LogP contribution in [0.25, 0.3) is 0 Å². The van der Waals surface area contributed by atoms with Gasteiger partial charge in [-0.15, -0.1) is 0 Å². The number of phenols is 1. The maximum Gasteiger partial charge on any atom is 0.280 e. The monoisotopic (exact) mass is 196 g/mol. The van der Waals surface area contributed by atoms with Crippen molar-refractivity contribution in [1.82, 2.24) is 0 Å². The van der Waals surface area contributed by atoms with Crippen LogP contribution in [0.3, 0.4) is 0 Å². The van der Waals surface area contributed by atoms with Crippen LogP contribution in [-0.4, -0.2) is 22.4 Å². The maximum atomic E-state index is 11.2. The molecule has 0 spiro atoms. The van der Waals surface area contributed by atoms with E-state index >= 15 is 0 Å². The molecule has 6 heteroatoms. The maximum absolute atomic E-state index is 11.2. The fraction of sp³-hybridized carbons (Fsp3) is 0.125. The van der Waals surface area contributed by atoms with E-state index in [9.17, 15) is 14.9 Å². The Morgan fingerprint density at radius 2 is 2.21 bits per heavy atom. The lowest BCUT2D eigenvalue weighted by Crippen LogP contribution is -2.15. The van der Waals surface area contributed by atoms with Gasteiger partial charge in [-0.1, -0.05) is 0 Å². The van der Waals surface area contributed by atoms with Gasteiger partial charge in [0.1, 0.15) is 11.3 Å². The number of nitro benzene ring substituents is 1. The normalized spacial score (nSPS) is 9.79. The van der Waals surface area contributed by atoms with E-state index in [4.69, 9.17) is 10.8 Å². The van der Waals surface area contributed by atoms with E-state index < -0.39 is 10.7 Å². The van der Waals surface area contributed by atoms with Crippen molar-refractivity contribution in [2.75, 3.05) is 6.54 Å². The number of aromatic hydroxyl groups is 1. The number of rotatable bonds is 3. The summed E-state index contributed by atoms with van der Waals surface area (Å²) in [5.41, 5.74) is 4.55. The van der Waals surface area contributed by atoms with Gasteiger partial charge in [-0.3, -0.25) is 14.9 Å². The number of hydrogen-bond donors (Lipinski definition) is 2. The zero-order chi connectivity index (χ0) is 10.7. The molecule has 1 rings (SSSR count). The Morgan fingerprint density at radius 3 is 2.71 bits per heavy atom. The lowest BCUT2D eigenvalue weighted by Gasteiger charge is -2.00. The molecule has 1 aromatic carbocycles. The van der Waals surface area contributed by atoms with Gasteiger partial charge >= 0.3 is 0 Å². The van der Waals surface area contributed by atoms with Gasteiger partial charge in [0.25, 0.3) is 5.69 Å². The standard InChI is InChI=1S/C8H8N2O4/c9-4-8(12)6-3-5(11)1-2-7(6)10(13)14/h1-3,11H,4,9H2. The van der Waals surface area contributed by atoms with E-state index in [0.717, 1.165) is 18.2 Å². The summed E-state index contributed by atoms with van der Waals surface area (Å²) >= 11 is 0. The minimum Gasteiger partial charge on any atom is -0.508 e. The molecular formula is C8H8N2O4. The summed E-state index contributed by atoms with van der Waals surface area (Å²) in [6.45, 7) is -0.329. The fourth-order valence-electron chi connectivity index (χ4n) is 1.02. The molecule has 14 heavy (non-hydrogen) atoms. The van der Waals surface area contributed by atoms with Crippen molar-refractivity contribution >= 4 is 11.5 Å². The molecule has 1 aromatic rings. The average Bonchev–Trinajstić information content (AvgIpc) is 2.16. The van der Waals surface area contributed by atoms with Gasteiger partial charge in [-0.25, -0.2) is 0 Å². The first-order chi connectivity index (χ1) is 6.56. The van der Waals surface area contributed by atoms with Crippen molar-refractivity contribution in [3.05, 3.63) is 33.9 Å². The highest BCUT2D eigenvalue weighted by molar-refractivity contribution is 6.01. The highest BCUT2D eigenvalue weighted by atomic mass is 16.6. The van der Waals surface area contributed by atoms with Crippen LogP contribution >= 0.6 is 0 Å². The highest BCUT2D eigenvalue weighted by Crippen LogP contribution is 2.23. The zero-order valence-corrected chi connectivity index (χ0v) is 7.14. The van der Waals surface area contributed by atoms with E-state index in [-0.39, 0.29) is 23.5 Å². The molecule has 0 aliphatic carbocycles. The summed E-state index contributed by atoms with van der Waals surface area (Å²) in [5.74, 6) is -0.778. The molecule has 0 saturated carbocycles. The van der Waals surface area contributed by atoms with Crippen LogP contribution in [0.2, 0.25) is 0 Å². The van der Waals surface area contributed by atoms with Crippen LogP contribution in [0.15, 0.2) is 18.2 Å². The predicted octanol–water partition coefficient (Wildman–Crippen LogP) is 0.442. The van der Waals surface area contributed by atoms with Gasteiger partial charge < -0.3 is 10.8 Å². The quantitative estimate of drug-likeness (QED) is 0.414. The average molecular weight is 196 g/mol. The lowest BCUT2D eigenvalue weighted by molar-refractivity contribution is -0.385. The predicted molar refractivity (Wildman–Crippen MR) is 48.1 cm³/mol. The zero-order valence-electron chi connectivity index (χ0n) is 7.14. The van der Waals surface area contributed by atoms with E-state index in [1.807, 2.05) is 0 Å². The van der Waals surface area contributed by atoms with E-state index in [1.165, 1.54) is 0 Å². The highest BCUT2D eigenvalue weighted by Gasteiger charge is 2.19. The molecule has 0 aliphatic rings. The summed E-state index contributed by atoms with van der Waals surface area (Å²) in [5, 5.41) is 19.5. The van der Waals surface area contributed by atoms with Crippen molar-refractivity contribution in [1.29, 1.82) is 0 Å². The Morgan fingerprint density at radius 1 is 1.57 bits per heavy atom. The Balaban J connectivity index is 3.29. The smallest absolute Gasteiger partial charge is 0.280 e. The van der Waals surface area contributed by atoms with Crippen molar-refractivity contribution in [2.24, 2.45) is 5.73 Å². The first kappa shape index (κ1) is 10.1. The number of nitro groups is 1. The number of carbonyl (C=O) groups is 1. The Bertz CT molecular complexity index is 389. The van der Waals surface area contributed by atoms with Gasteiger partial charge in [0.15, 0.2) is 5.78 Å². The molecule has 0 heterocycles. The van der Waals surface area contributed by atoms with Gasteiger partial charge in [-0.05, 0) is 12.1 Å².